The van der Waals surface area contributed by atoms with Crippen LogP contribution in [0.5, 0.6) is 0 Å². The molecule has 2 heterocycles. The zero-order valence-corrected chi connectivity index (χ0v) is 34.0. The van der Waals surface area contributed by atoms with Crippen LogP contribution < -0.4 is 10.4 Å². The number of hydrogen-bond donors (Lipinski definition) is 0. The Morgan fingerprint density at radius 3 is 1.56 bits per heavy atom. The van der Waals surface area contributed by atoms with Crippen molar-refractivity contribution in [1.29, 1.82) is 0 Å². The predicted molar refractivity (Wildman–Crippen MR) is 219 cm³/mol. The summed E-state index contributed by atoms with van der Waals surface area (Å²) in [7, 11) is 3.30. The van der Waals surface area contributed by atoms with Gasteiger partial charge in [-0.05, 0) is 97.3 Å². The summed E-state index contributed by atoms with van der Waals surface area (Å²) in [6, 6.07) is 31.8. The van der Waals surface area contributed by atoms with E-state index in [1.807, 2.05) is 0 Å². The zero-order chi connectivity index (χ0) is 33.6. The molecule has 0 amide bonds. The molecule has 2 unspecified atom stereocenters. The van der Waals surface area contributed by atoms with Crippen LogP contribution >= 0.6 is 18.5 Å². The lowest BCUT2D eigenvalue weighted by atomic mass is 9.44. The second-order valence-electron chi connectivity index (χ2n) is 17.6. The Morgan fingerprint density at radius 1 is 0.646 bits per heavy atom. The summed E-state index contributed by atoms with van der Waals surface area (Å²) in [5.41, 5.74) is 7.43. The fraction of sp³-hybridized carbons (Fsp3) is 0.429. The van der Waals surface area contributed by atoms with Crippen LogP contribution in [-0.4, -0.2) is 32.3 Å². The van der Waals surface area contributed by atoms with Crippen molar-refractivity contribution in [2.45, 2.75) is 82.0 Å². The first-order valence-corrected chi connectivity index (χ1v) is 26.6. The van der Waals surface area contributed by atoms with E-state index in [1.165, 1.54) is 48.4 Å². The third-order valence-corrected chi connectivity index (χ3v) is 18.5. The average molecular weight is 703 g/mol. The summed E-state index contributed by atoms with van der Waals surface area (Å²) in [6.45, 7) is 15.4. The highest BCUT2D eigenvalue weighted by atomic mass is 31.0. The number of benzene rings is 3. The monoisotopic (exact) mass is 702 g/mol. The van der Waals surface area contributed by atoms with Crippen LogP contribution in [0.2, 0.25) is 39.3 Å². The number of nitrogens with zero attached hydrogens (tertiary/aromatic N) is 2. The molecular weight excluding hydrogens is 651 g/mol. The third-order valence-electron chi connectivity index (χ3n) is 12.6. The highest BCUT2D eigenvalue weighted by molar-refractivity contribution is 7.19. The molecule has 4 aliphatic rings. The fourth-order valence-electron chi connectivity index (χ4n) is 10.4. The van der Waals surface area contributed by atoms with Gasteiger partial charge in [0.15, 0.2) is 0 Å². The van der Waals surface area contributed by atoms with E-state index in [4.69, 9.17) is 9.97 Å². The molecule has 0 aliphatic heterocycles. The van der Waals surface area contributed by atoms with Crippen LogP contribution in [0.25, 0.3) is 21.8 Å². The summed E-state index contributed by atoms with van der Waals surface area (Å²) in [5.74, 6) is 3.31. The van der Waals surface area contributed by atoms with Gasteiger partial charge in [-0.3, -0.25) is 9.97 Å². The molecule has 2 nitrogen and oxygen atoms in total. The Labute approximate surface area is 294 Å². The molecule has 4 saturated carbocycles. The fourth-order valence-corrected chi connectivity index (χ4v) is 17.1. The van der Waals surface area contributed by atoms with E-state index in [1.54, 1.807) is 15.9 Å². The van der Waals surface area contributed by atoms with Gasteiger partial charge in [0.05, 0.1) is 43.7 Å². The van der Waals surface area contributed by atoms with E-state index < -0.39 is 21.3 Å². The SMILES string of the molecule is C[Si](C)(C)c1cc(C(P)(c2ccc3ccccc3n2)c2ccc3ccccc3n2)c(C2(CP)C3CC4CC(C3)CC2C4)cc1[Si](C)(C)C. The first-order chi connectivity index (χ1) is 22.8. The largest absolute Gasteiger partial charge is 0.251 e. The number of para-hydroxylation sites is 2. The Bertz CT molecular complexity index is 1930. The van der Waals surface area contributed by atoms with Crippen LogP contribution in [-0.2, 0) is 10.6 Å². The Kier molecular flexibility index (Phi) is 8.00. The van der Waals surface area contributed by atoms with Crippen LogP contribution in [0.4, 0.5) is 0 Å². The van der Waals surface area contributed by atoms with Gasteiger partial charge in [-0.25, -0.2) is 0 Å². The summed E-state index contributed by atoms with van der Waals surface area (Å²) in [5, 5.41) is 5.07. The molecule has 2 aromatic heterocycles. The molecule has 248 valence electrons. The highest BCUT2D eigenvalue weighted by Crippen LogP contribution is 2.65. The van der Waals surface area contributed by atoms with Gasteiger partial charge in [0.2, 0.25) is 0 Å². The van der Waals surface area contributed by atoms with Gasteiger partial charge >= 0.3 is 0 Å². The van der Waals surface area contributed by atoms with Gasteiger partial charge in [0, 0.05) is 16.2 Å². The standard InChI is InChI=1S/C42H52N2P2Si2/c1-47(2,3)37-24-33(41(26-45)31-20-27-19-28(22-31)23-32(41)21-27)34(25-38(37)48(4,5)6)42(46,39-17-15-29-11-7-9-13-35(29)43-39)40-18-16-30-12-8-10-14-36(30)44-40/h7-18,24-25,27-28,31-32H,19-23,26,45-46H2,1-6H3. The molecule has 0 radical (unpaired) electrons. The predicted octanol–water partition coefficient (Wildman–Crippen LogP) is 9.61. The maximum absolute atomic E-state index is 5.52. The molecule has 5 aromatic rings. The van der Waals surface area contributed by atoms with Gasteiger partial charge in [0.25, 0.3) is 0 Å². The summed E-state index contributed by atoms with van der Waals surface area (Å²) in [6.07, 6.45) is 8.17. The van der Waals surface area contributed by atoms with E-state index in [9.17, 15) is 0 Å². The number of rotatable bonds is 7. The lowest BCUT2D eigenvalue weighted by Gasteiger charge is -2.62. The molecule has 6 heteroatoms. The maximum atomic E-state index is 5.52. The van der Waals surface area contributed by atoms with Crippen molar-refractivity contribution in [3.05, 3.63) is 107 Å². The summed E-state index contributed by atoms with van der Waals surface area (Å²) >= 11 is 0. The zero-order valence-electron chi connectivity index (χ0n) is 29.7. The van der Waals surface area contributed by atoms with E-state index in [0.29, 0.717) is 0 Å². The summed E-state index contributed by atoms with van der Waals surface area (Å²) < 4.78 is 0. The van der Waals surface area contributed by atoms with Crippen molar-refractivity contribution in [3.63, 3.8) is 0 Å². The first-order valence-electron chi connectivity index (χ1n) is 18.2. The van der Waals surface area contributed by atoms with Crippen LogP contribution in [0.3, 0.4) is 0 Å². The molecule has 2 atom stereocenters. The molecule has 0 N–H and O–H groups in total. The minimum absolute atomic E-state index is 0.148. The molecular formula is C42H52N2P2Si2. The second kappa shape index (κ2) is 11.7. The highest BCUT2D eigenvalue weighted by Gasteiger charge is 2.59. The number of pyridine rings is 2. The van der Waals surface area contributed by atoms with E-state index in [-0.39, 0.29) is 5.41 Å². The second-order valence-corrected chi connectivity index (χ2v) is 28.9. The molecule has 0 spiro atoms. The van der Waals surface area contributed by atoms with Crippen molar-refractivity contribution in [3.8, 4) is 0 Å². The van der Waals surface area contributed by atoms with Gasteiger partial charge in [-0.2, -0.15) is 0 Å². The van der Waals surface area contributed by atoms with Crippen molar-refractivity contribution in [2.24, 2.45) is 23.7 Å². The van der Waals surface area contributed by atoms with Crippen molar-refractivity contribution >= 4 is 66.8 Å². The van der Waals surface area contributed by atoms with Crippen molar-refractivity contribution in [2.75, 3.05) is 6.16 Å². The van der Waals surface area contributed by atoms with Crippen molar-refractivity contribution in [1.82, 2.24) is 9.97 Å². The van der Waals surface area contributed by atoms with Gasteiger partial charge < -0.3 is 0 Å². The van der Waals surface area contributed by atoms with Gasteiger partial charge in [-0.15, -0.1) is 18.5 Å². The summed E-state index contributed by atoms with van der Waals surface area (Å²) in [4.78, 5) is 11.0. The third kappa shape index (κ3) is 5.14. The Morgan fingerprint density at radius 2 is 1.10 bits per heavy atom. The molecule has 48 heavy (non-hydrogen) atoms. The normalized spacial score (nSPS) is 25.7. The van der Waals surface area contributed by atoms with Crippen LogP contribution in [0.15, 0.2) is 84.9 Å². The number of fused-ring (bicyclic) bond motifs is 2. The number of aromatic nitrogens is 2. The minimum Gasteiger partial charge on any atom is -0.251 e. The molecule has 4 aliphatic carbocycles. The quantitative estimate of drug-likeness (QED) is 0.125. The molecule has 4 bridgehead atoms. The lowest BCUT2D eigenvalue weighted by molar-refractivity contribution is -0.0504. The molecule has 4 fully saturated rings. The van der Waals surface area contributed by atoms with Crippen LogP contribution in [0.1, 0.15) is 54.6 Å². The maximum Gasteiger partial charge on any atom is 0.0936 e. The van der Waals surface area contributed by atoms with E-state index in [2.05, 4.69) is 143 Å². The molecule has 0 saturated heterocycles. The Hall–Kier alpha value is -2.23. The Balaban J connectivity index is 1.50. The van der Waals surface area contributed by atoms with Crippen molar-refractivity contribution < 1.29 is 0 Å². The molecule has 3 aromatic carbocycles. The lowest BCUT2D eigenvalue weighted by Crippen LogP contribution is -2.60. The molecule has 9 rings (SSSR count). The van der Waals surface area contributed by atoms with Gasteiger partial charge in [-0.1, -0.05) is 110 Å². The van der Waals surface area contributed by atoms with Crippen LogP contribution in [0, 0.1) is 23.7 Å². The van der Waals surface area contributed by atoms with Gasteiger partial charge in [0.1, 0.15) is 0 Å². The van der Waals surface area contributed by atoms with E-state index >= 15 is 0 Å². The van der Waals surface area contributed by atoms with E-state index in [0.717, 1.165) is 52.3 Å². The average Bonchev–Trinajstić information content (AvgIpc) is 3.06. The number of hydrogen-bond acceptors (Lipinski definition) is 2. The first kappa shape index (κ1) is 32.9. The topological polar surface area (TPSA) is 25.8 Å². The minimum atomic E-state index is -1.75. The smallest absolute Gasteiger partial charge is 0.0936 e.